The lowest BCUT2D eigenvalue weighted by Crippen LogP contribution is -2.44. The van der Waals surface area contributed by atoms with E-state index in [0.717, 1.165) is 19.3 Å². The molecule has 1 aliphatic rings. The summed E-state index contributed by atoms with van der Waals surface area (Å²) in [5.41, 5.74) is 0.565. The van der Waals surface area contributed by atoms with Crippen LogP contribution in [0.3, 0.4) is 0 Å². The van der Waals surface area contributed by atoms with Gasteiger partial charge in [-0.3, -0.25) is 14.4 Å². The van der Waals surface area contributed by atoms with Gasteiger partial charge in [-0.1, -0.05) is 0 Å². The number of benzene rings is 1. The van der Waals surface area contributed by atoms with Crippen molar-refractivity contribution in [3.8, 4) is 5.75 Å². The van der Waals surface area contributed by atoms with Gasteiger partial charge in [-0.15, -0.1) is 0 Å². The molecule has 6 heteroatoms. The van der Waals surface area contributed by atoms with Crippen molar-refractivity contribution >= 4 is 17.7 Å². The number of carbonyl (C=O) groups is 3. The molecule has 0 saturated carbocycles. The molecule has 136 valence electrons. The summed E-state index contributed by atoms with van der Waals surface area (Å²) in [6.07, 6.45) is 3.65. The maximum absolute atomic E-state index is 12.5. The second kappa shape index (κ2) is 9.20. The van der Waals surface area contributed by atoms with E-state index in [-0.39, 0.29) is 37.0 Å². The first-order valence-electron chi connectivity index (χ1n) is 8.69. The number of likely N-dealkylation sites (tertiary alicyclic amines) is 1. The molecule has 25 heavy (non-hydrogen) atoms. The minimum absolute atomic E-state index is 0.0200. The third-order valence-corrected chi connectivity index (χ3v) is 4.62. The fourth-order valence-electron chi connectivity index (χ4n) is 3.20. The fraction of sp³-hybridized carbons (Fsp3) is 0.526. The average Bonchev–Trinajstić information content (AvgIpc) is 2.64. The topological polar surface area (TPSA) is 83.9 Å². The van der Waals surface area contributed by atoms with Crippen molar-refractivity contribution in [2.75, 3.05) is 13.7 Å². The highest BCUT2D eigenvalue weighted by molar-refractivity contribution is 5.98. The smallest absolute Gasteiger partial charge is 0.303 e. The predicted octanol–water partition coefficient (Wildman–Crippen LogP) is 2.90. The Labute approximate surface area is 147 Å². The van der Waals surface area contributed by atoms with Crippen LogP contribution in [0.1, 0.15) is 55.3 Å². The number of Topliss-reactive ketones (excluding diaryl/α,β-unsaturated/α-hetero) is 1. The van der Waals surface area contributed by atoms with E-state index in [0.29, 0.717) is 24.3 Å². The van der Waals surface area contributed by atoms with Gasteiger partial charge in [0.2, 0.25) is 5.91 Å². The van der Waals surface area contributed by atoms with Crippen LogP contribution in [0.25, 0.3) is 0 Å². The lowest BCUT2D eigenvalue weighted by molar-refractivity contribution is -0.140. The van der Waals surface area contributed by atoms with Gasteiger partial charge in [0, 0.05) is 37.4 Å². The van der Waals surface area contributed by atoms with E-state index in [1.54, 1.807) is 36.3 Å². The molecule has 1 saturated heterocycles. The molecule has 1 aliphatic heterocycles. The molecule has 6 nitrogen and oxygen atoms in total. The van der Waals surface area contributed by atoms with E-state index in [1.165, 1.54) is 0 Å². The highest BCUT2D eigenvalue weighted by atomic mass is 16.5. The third kappa shape index (κ3) is 5.59. The summed E-state index contributed by atoms with van der Waals surface area (Å²) in [5, 5.41) is 8.85. The minimum atomic E-state index is -0.840. The van der Waals surface area contributed by atoms with E-state index in [1.807, 2.05) is 0 Å². The molecule has 0 aliphatic carbocycles. The number of carboxylic acids is 1. The molecule has 1 aromatic carbocycles. The molecule has 0 aromatic heterocycles. The largest absolute Gasteiger partial charge is 0.497 e. The first kappa shape index (κ1) is 19.0. The van der Waals surface area contributed by atoms with Crippen molar-refractivity contribution in [2.45, 2.75) is 51.0 Å². The minimum Gasteiger partial charge on any atom is -0.497 e. The normalized spacial score (nSPS) is 17.2. The summed E-state index contributed by atoms with van der Waals surface area (Å²) in [4.78, 5) is 37.3. The number of rotatable bonds is 8. The Kier molecular flexibility index (Phi) is 6.98. The van der Waals surface area contributed by atoms with Gasteiger partial charge in [-0.2, -0.15) is 0 Å². The lowest BCUT2D eigenvalue weighted by atomic mass is 9.97. The van der Waals surface area contributed by atoms with Crippen LogP contribution in [-0.4, -0.2) is 47.4 Å². The van der Waals surface area contributed by atoms with Crippen LogP contribution in [0.2, 0.25) is 0 Å². The van der Waals surface area contributed by atoms with E-state index in [9.17, 15) is 14.4 Å². The summed E-state index contributed by atoms with van der Waals surface area (Å²) >= 11 is 0. The number of methoxy groups -OCH3 is 1. The Hall–Kier alpha value is -2.37. The number of amides is 1. The molecule has 0 spiro atoms. The van der Waals surface area contributed by atoms with E-state index in [4.69, 9.17) is 9.84 Å². The standard InChI is InChI=1S/C19H25NO5/c1-25-16-8-5-14(6-9-16)17(21)10-11-18(22)20-13-3-2-4-15(20)7-12-19(23)24/h5-6,8-9,15H,2-4,7,10-13H2,1H3,(H,23,24). The maximum atomic E-state index is 12.5. The van der Waals surface area contributed by atoms with Crippen LogP contribution in [0.5, 0.6) is 5.75 Å². The average molecular weight is 347 g/mol. The molecule has 1 amide bonds. The predicted molar refractivity (Wildman–Crippen MR) is 92.8 cm³/mol. The van der Waals surface area contributed by atoms with Crippen molar-refractivity contribution < 1.29 is 24.2 Å². The van der Waals surface area contributed by atoms with Crippen LogP contribution in [0.4, 0.5) is 0 Å². The van der Waals surface area contributed by atoms with Crippen molar-refractivity contribution in [1.82, 2.24) is 4.90 Å². The van der Waals surface area contributed by atoms with Gasteiger partial charge in [0.15, 0.2) is 5.78 Å². The van der Waals surface area contributed by atoms with E-state index >= 15 is 0 Å². The molecular weight excluding hydrogens is 322 g/mol. The number of carboxylic acid groups (broad SMARTS) is 1. The first-order valence-corrected chi connectivity index (χ1v) is 8.69. The summed E-state index contributed by atoms with van der Waals surface area (Å²) in [7, 11) is 1.56. The molecule has 0 radical (unpaired) electrons. The molecule has 1 fully saturated rings. The van der Waals surface area contributed by atoms with Crippen LogP contribution in [-0.2, 0) is 9.59 Å². The third-order valence-electron chi connectivity index (χ3n) is 4.62. The van der Waals surface area contributed by atoms with E-state index < -0.39 is 5.97 Å². The van der Waals surface area contributed by atoms with Crippen molar-refractivity contribution in [1.29, 1.82) is 0 Å². The number of nitrogens with zero attached hydrogens (tertiary/aromatic N) is 1. The monoisotopic (exact) mass is 347 g/mol. The Bertz CT molecular complexity index is 611. The number of hydrogen-bond acceptors (Lipinski definition) is 4. The van der Waals surface area contributed by atoms with Gasteiger partial charge in [-0.25, -0.2) is 0 Å². The lowest BCUT2D eigenvalue weighted by Gasteiger charge is -2.35. The second-order valence-corrected chi connectivity index (χ2v) is 6.32. The van der Waals surface area contributed by atoms with Crippen molar-refractivity contribution in [2.24, 2.45) is 0 Å². The fourth-order valence-corrected chi connectivity index (χ4v) is 3.20. The van der Waals surface area contributed by atoms with Gasteiger partial charge >= 0.3 is 5.97 Å². The zero-order valence-corrected chi connectivity index (χ0v) is 14.6. The van der Waals surface area contributed by atoms with Gasteiger partial charge < -0.3 is 14.7 Å². The number of aliphatic carboxylic acids is 1. The number of ether oxygens (including phenoxy) is 1. The quantitative estimate of drug-likeness (QED) is 0.731. The molecule has 1 atom stereocenters. The molecule has 1 unspecified atom stereocenters. The molecule has 2 rings (SSSR count). The van der Waals surface area contributed by atoms with Gasteiger partial charge in [-0.05, 0) is 49.9 Å². The van der Waals surface area contributed by atoms with Crippen LogP contribution in [0, 0.1) is 0 Å². The molecule has 1 N–H and O–H groups in total. The number of carbonyl (C=O) groups excluding carboxylic acids is 2. The first-order chi connectivity index (χ1) is 12.0. The Morgan fingerprint density at radius 3 is 2.48 bits per heavy atom. The highest BCUT2D eigenvalue weighted by Gasteiger charge is 2.27. The van der Waals surface area contributed by atoms with Crippen LogP contribution >= 0.6 is 0 Å². The molecule has 0 bridgehead atoms. The Morgan fingerprint density at radius 1 is 1.12 bits per heavy atom. The summed E-state index contributed by atoms with van der Waals surface area (Å²) in [5.74, 6) is -0.290. The Balaban J connectivity index is 1.88. The molecule has 1 heterocycles. The second-order valence-electron chi connectivity index (χ2n) is 6.32. The van der Waals surface area contributed by atoms with Gasteiger partial charge in [0.1, 0.15) is 5.75 Å². The maximum Gasteiger partial charge on any atom is 0.303 e. The zero-order chi connectivity index (χ0) is 18.2. The number of hydrogen-bond donors (Lipinski definition) is 1. The van der Waals surface area contributed by atoms with E-state index in [2.05, 4.69) is 0 Å². The van der Waals surface area contributed by atoms with Crippen LogP contribution < -0.4 is 4.74 Å². The summed E-state index contributed by atoms with van der Waals surface area (Å²) in [6.45, 7) is 0.653. The summed E-state index contributed by atoms with van der Waals surface area (Å²) < 4.78 is 5.06. The van der Waals surface area contributed by atoms with Gasteiger partial charge in [0.05, 0.1) is 7.11 Å². The highest BCUT2D eigenvalue weighted by Crippen LogP contribution is 2.22. The van der Waals surface area contributed by atoms with Crippen LogP contribution in [0.15, 0.2) is 24.3 Å². The SMILES string of the molecule is COc1ccc(C(=O)CCC(=O)N2CCCCC2CCC(=O)O)cc1. The number of ketones is 1. The van der Waals surface area contributed by atoms with Crippen molar-refractivity contribution in [3.63, 3.8) is 0 Å². The molecular formula is C19H25NO5. The summed E-state index contributed by atoms with van der Waals surface area (Å²) in [6, 6.07) is 6.82. The zero-order valence-electron chi connectivity index (χ0n) is 14.6. The Morgan fingerprint density at radius 2 is 1.84 bits per heavy atom. The molecule has 1 aromatic rings. The van der Waals surface area contributed by atoms with Gasteiger partial charge in [0.25, 0.3) is 0 Å². The number of piperidine rings is 1. The van der Waals surface area contributed by atoms with Crippen molar-refractivity contribution in [3.05, 3.63) is 29.8 Å².